The summed E-state index contributed by atoms with van der Waals surface area (Å²) in [6, 6.07) is 18.0. The molecule has 0 radical (unpaired) electrons. The third kappa shape index (κ3) is 3.10. The second-order valence-corrected chi connectivity index (χ2v) is 6.99. The fourth-order valence-corrected chi connectivity index (χ4v) is 4.11. The van der Waals surface area contributed by atoms with Gasteiger partial charge in [0.25, 0.3) is 5.91 Å². The van der Waals surface area contributed by atoms with Gasteiger partial charge in [0.05, 0.1) is 23.9 Å². The number of rotatable bonds is 4. The van der Waals surface area contributed by atoms with Crippen LogP contribution in [0.25, 0.3) is 0 Å². The molecule has 2 bridgehead atoms. The fourth-order valence-electron chi connectivity index (χ4n) is 4.11. The Labute approximate surface area is 148 Å². The number of para-hydroxylation sites is 2. The standard InChI is InChI=1S/C21H21N3O/c22-12-11-15-5-8-17(9-6-15)21(25)23-19-3-1-2-4-20(19)24-14-16-7-10-18(24)13-16/h1-6,8-9,16,18H,7,10-11,13-14H2,(H,23,25). The van der Waals surface area contributed by atoms with Crippen LogP contribution in [0.5, 0.6) is 0 Å². The second-order valence-electron chi connectivity index (χ2n) is 6.99. The number of nitrogens with zero attached hydrogens (tertiary/aromatic N) is 2. The summed E-state index contributed by atoms with van der Waals surface area (Å²) in [5.74, 6) is 0.696. The maximum atomic E-state index is 12.6. The van der Waals surface area contributed by atoms with Crippen LogP contribution in [-0.4, -0.2) is 18.5 Å². The van der Waals surface area contributed by atoms with Crippen molar-refractivity contribution in [2.45, 2.75) is 31.7 Å². The van der Waals surface area contributed by atoms with Crippen molar-refractivity contribution in [1.29, 1.82) is 5.26 Å². The van der Waals surface area contributed by atoms with E-state index >= 15 is 0 Å². The molecular weight excluding hydrogens is 310 g/mol. The van der Waals surface area contributed by atoms with Crippen molar-refractivity contribution in [2.24, 2.45) is 5.92 Å². The molecule has 1 amide bonds. The van der Waals surface area contributed by atoms with Gasteiger partial charge in [-0.05, 0) is 55.0 Å². The summed E-state index contributed by atoms with van der Waals surface area (Å²) in [4.78, 5) is 15.1. The lowest BCUT2D eigenvalue weighted by molar-refractivity contribution is 0.102. The Bertz CT molecular complexity index is 822. The molecule has 0 spiro atoms. The molecule has 126 valence electrons. The average molecular weight is 331 g/mol. The van der Waals surface area contributed by atoms with Gasteiger partial charge in [0.1, 0.15) is 0 Å². The van der Waals surface area contributed by atoms with Crippen LogP contribution >= 0.6 is 0 Å². The maximum Gasteiger partial charge on any atom is 0.255 e. The van der Waals surface area contributed by atoms with Gasteiger partial charge in [0.2, 0.25) is 0 Å². The zero-order valence-corrected chi connectivity index (χ0v) is 14.1. The van der Waals surface area contributed by atoms with E-state index in [1.807, 2.05) is 30.3 Å². The zero-order chi connectivity index (χ0) is 17.2. The van der Waals surface area contributed by atoms with E-state index in [2.05, 4.69) is 22.4 Å². The summed E-state index contributed by atoms with van der Waals surface area (Å²) in [7, 11) is 0. The molecule has 1 N–H and O–H groups in total. The number of anilines is 2. The maximum absolute atomic E-state index is 12.6. The van der Waals surface area contributed by atoms with Gasteiger partial charge in [-0.3, -0.25) is 4.79 Å². The normalized spacial score (nSPS) is 21.2. The van der Waals surface area contributed by atoms with Gasteiger partial charge in [-0.25, -0.2) is 0 Å². The Hall–Kier alpha value is -2.80. The minimum absolute atomic E-state index is 0.111. The lowest BCUT2D eigenvalue weighted by Crippen LogP contribution is -2.32. The largest absolute Gasteiger partial charge is 0.367 e. The molecular formula is C21H21N3O. The van der Waals surface area contributed by atoms with Crippen molar-refractivity contribution in [3.8, 4) is 6.07 Å². The predicted molar refractivity (Wildman–Crippen MR) is 98.6 cm³/mol. The second kappa shape index (κ2) is 6.60. The van der Waals surface area contributed by atoms with Crippen molar-refractivity contribution < 1.29 is 4.79 Å². The van der Waals surface area contributed by atoms with E-state index < -0.39 is 0 Å². The molecule has 4 nitrogen and oxygen atoms in total. The number of carbonyl (C=O) groups excluding carboxylic acids is 1. The predicted octanol–water partition coefficient (Wildman–Crippen LogP) is 3.99. The van der Waals surface area contributed by atoms with Crippen LogP contribution in [0.1, 0.15) is 35.2 Å². The molecule has 2 atom stereocenters. The van der Waals surface area contributed by atoms with Crippen molar-refractivity contribution in [3.05, 3.63) is 59.7 Å². The number of piperidine rings is 1. The Balaban J connectivity index is 1.53. The highest BCUT2D eigenvalue weighted by Gasteiger charge is 2.38. The van der Waals surface area contributed by atoms with Crippen molar-refractivity contribution in [1.82, 2.24) is 0 Å². The van der Waals surface area contributed by atoms with E-state index in [-0.39, 0.29) is 5.91 Å². The van der Waals surface area contributed by atoms with Gasteiger partial charge in [-0.1, -0.05) is 24.3 Å². The molecule has 1 aliphatic carbocycles. The van der Waals surface area contributed by atoms with Gasteiger partial charge in [0.15, 0.2) is 0 Å². The first-order valence-electron chi connectivity index (χ1n) is 8.87. The quantitative estimate of drug-likeness (QED) is 0.921. The van der Waals surface area contributed by atoms with Crippen LogP contribution < -0.4 is 10.2 Å². The topological polar surface area (TPSA) is 56.1 Å². The third-order valence-corrected chi connectivity index (χ3v) is 5.37. The number of nitrogens with one attached hydrogen (secondary N) is 1. The summed E-state index contributed by atoms with van der Waals surface area (Å²) in [6.45, 7) is 1.10. The summed E-state index contributed by atoms with van der Waals surface area (Å²) in [6.07, 6.45) is 4.24. The van der Waals surface area contributed by atoms with Crippen LogP contribution in [-0.2, 0) is 6.42 Å². The zero-order valence-electron chi connectivity index (χ0n) is 14.1. The van der Waals surface area contributed by atoms with Gasteiger partial charge < -0.3 is 10.2 Å². The van der Waals surface area contributed by atoms with E-state index in [9.17, 15) is 4.79 Å². The Morgan fingerprint density at radius 3 is 2.64 bits per heavy atom. The van der Waals surface area contributed by atoms with E-state index in [4.69, 9.17) is 5.26 Å². The van der Waals surface area contributed by atoms with Gasteiger partial charge in [0, 0.05) is 18.2 Å². The molecule has 0 aromatic heterocycles. The highest BCUT2D eigenvalue weighted by atomic mass is 16.1. The van der Waals surface area contributed by atoms with Crippen molar-refractivity contribution in [3.63, 3.8) is 0 Å². The molecule has 2 aromatic carbocycles. The smallest absolute Gasteiger partial charge is 0.255 e. The van der Waals surface area contributed by atoms with E-state index in [0.717, 1.165) is 29.4 Å². The molecule has 1 saturated carbocycles. The molecule has 4 rings (SSSR count). The monoisotopic (exact) mass is 331 g/mol. The summed E-state index contributed by atoms with van der Waals surface area (Å²) in [5, 5.41) is 11.8. The van der Waals surface area contributed by atoms with Crippen LogP contribution in [0, 0.1) is 17.2 Å². The molecule has 2 aliphatic rings. The summed E-state index contributed by atoms with van der Waals surface area (Å²) < 4.78 is 0. The first-order valence-corrected chi connectivity index (χ1v) is 8.87. The molecule has 1 saturated heterocycles. The Morgan fingerprint density at radius 2 is 1.96 bits per heavy atom. The van der Waals surface area contributed by atoms with Gasteiger partial charge >= 0.3 is 0 Å². The van der Waals surface area contributed by atoms with Crippen molar-refractivity contribution >= 4 is 17.3 Å². The fraction of sp³-hybridized carbons (Fsp3) is 0.333. The molecule has 25 heavy (non-hydrogen) atoms. The minimum atomic E-state index is -0.111. The first kappa shape index (κ1) is 15.7. The Kier molecular flexibility index (Phi) is 4.15. The molecule has 4 heteroatoms. The molecule has 1 aliphatic heterocycles. The number of hydrogen-bond acceptors (Lipinski definition) is 3. The van der Waals surface area contributed by atoms with Crippen LogP contribution in [0.4, 0.5) is 11.4 Å². The van der Waals surface area contributed by atoms with Gasteiger partial charge in [-0.2, -0.15) is 5.26 Å². The van der Waals surface area contributed by atoms with Crippen LogP contribution in [0.3, 0.4) is 0 Å². The number of nitriles is 1. The minimum Gasteiger partial charge on any atom is -0.367 e. The average Bonchev–Trinajstić information content (AvgIpc) is 3.26. The summed E-state index contributed by atoms with van der Waals surface area (Å²) in [5.41, 5.74) is 3.54. The van der Waals surface area contributed by atoms with E-state index in [0.29, 0.717) is 18.0 Å². The number of carbonyl (C=O) groups is 1. The van der Waals surface area contributed by atoms with Crippen LogP contribution in [0.2, 0.25) is 0 Å². The number of hydrogen-bond donors (Lipinski definition) is 1. The summed E-state index contributed by atoms with van der Waals surface area (Å²) >= 11 is 0. The number of fused-ring (bicyclic) bond motifs is 2. The van der Waals surface area contributed by atoms with Crippen molar-refractivity contribution in [2.75, 3.05) is 16.8 Å². The highest BCUT2D eigenvalue weighted by Crippen LogP contribution is 2.42. The number of amides is 1. The first-order chi connectivity index (χ1) is 12.2. The highest BCUT2D eigenvalue weighted by molar-refractivity contribution is 6.06. The van der Waals surface area contributed by atoms with Gasteiger partial charge in [-0.15, -0.1) is 0 Å². The molecule has 2 unspecified atom stereocenters. The SMILES string of the molecule is N#CCc1ccc(C(=O)Nc2ccccc2N2CC3CCC2C3)cc1. The lowest BCUT2D eigenvalue weighted by Gasteiger charge is -2.31. The lowest BCUT2D eigenvalue weighted by atomic mass is 10.1. The molecule has 1 heterocycles. The van der Waals surface area contributed by atoms with E-state index in [1.165, 1.54) is 19.3 Å². The Morgan fingerprint density at radius 1 is 1.16 bits per heavy atom. The number of benzene rings is 2. The van der Waals surface area contributed by atoms with E-state index in [1.54, 1.807) is 12.1 Å². The molecule has 2 fully saturated rings. The third-order valence-electron chi connectivity index (χ3n) is 5.37. The molecule has 2 aromatic rings. The van der Waals surface area contributed by atoms with Crippen LogP contribution in [0.15, 0.2) is 48.5 Å².